The highest BCUT2D eigenvalue weighted by atomic mass is 35.5. The fourth-order valence-electron chi connectivity index (χ4n) is 2.15. The first-order valence-electron chi connectivity index (χ1n) is 5.55. The minimum atomic E-state index is 0.742. The first-order chi connectivity index (χ1) is 7.74. The van der Waals surface area contributed by atoms with Crippen LogP contribution in [0.4, 0.5) is 0 Å². The standard InChI is InChI=1S/C12H14ClN3/c1-16-11-5-9(13)2-3-10(11)15-12(16)4-8-6-14-7-8/h2-3,5,8,14H,4,6-7H2,1H3. The smallest absolute Gasteiger partial charge is 0.109 e. The molecule has 2 heterocycles. The Morgan fingerprint density at radius 3 is 3.00 bits per heavy atom. The van der Waals surface area contributed by atoms with Crippen LogP contribution in [0.2, 0.25) is 5.02 Å². The van der Waals surface area contributed by atoms with Gasteiger partial charge in [-0.25, -0.2) is 4.98 Å². The highest BCUT2D eigenvalue weighted by molar-refractivity contribution is 6.31. The van der Waals surface area contributed by atoms with Gasteiger partial charge in [-0.15, -0.1) is 0 Å². The zero-order valence-electron chi connectivity index (χ0n) is 9.20. The zero-order chi connectivity index (χ0) is 11.1. The second kappa shape index (κ2) is 3.75. The van der Waals surface area contributed by atoms with Crippen LogP contribution in [-0.4, -0.2) is 22.6 Å². The molecule has 0 atom stereocenters. The van der Waals surface area contributed by atoms with E-state index in [4.69, 9.17) is 11.6 Å². The van der Waals surface area contributed by atoms with Crippen molar-refractivity contribution in [1.82, 2.24) is 14.9 Å². The van der Waals surface area contributed by atoms with Crippen molar-refractivity contribution in [3.05, 3.63) is 29.0 Å². The monoisotopic (exact) mass is 235 g/mol. The van der Waals surface area contributed by atoms with Gasteiger partial charge in [0.1, 0.15) is 5.82 Å². The molecule has 0 spiro atoms. The normalized spacial score (nSPS) is 16.6. The minimum Gasteiger partial charge on any atom is -0.331 e. The highest BCUT2D eigenvalue weighted by Crippen LogP contribution is 2.21. The number of nitrogens with zero attached hydrogens (tertiary/aromatic N) is 2. The third kappa shape index (κ3) is 1.60. The van der Waals surface area contributed by atoms with E-state index in [-0.39, 0.29) is 0 Å². The molecule has 2 aromatic rings. The van der Waals surface area contributed by atoms with Gasteiger partial charge in [-0.2, -0.15) is 0 Å². The molecule has 1 aliphatic heterocycles. The molecule has 4 heteroatoms. The van der Waals surface area contributed by atoms with Gasteiger partial charge in [-0.05, 0) is 37.2 Å². The lowest BCUT2D eigenvalue weighted by molar-refractivity contribution is 0.339. The van der Waals surface area contributed by atoms with E-state index >= 15 is 0 Å². The van der Waals surface area contributed by atoms with E-state index in [0.717, 1.165) is 47.3 Å². The number of aryl methyl sites for hydroxylation is 1. The maximum atomic E-state index is 5.99. The maximum Gasteiger partial charge on any atom is 0.109 e. The molecular weight excluding hydrogens is 222 g/mol. The lowest BCUT2D eigenvalue weighted by Crippen LogP contribution is -2.43. The molecule has 1 fully saturated rings. The second-order valence-electron chi connectivity index (χ2n) is 4.45. The summed E-state index contributed by atoms with van der Waals surface area (Å²) in [4.78, 5) is 4.65. The van der Waals surface area contributed by atoms with E-state index in [2.05, 4.69) is 21.9 Å². The van der Waals surface area contributed by atoms with Gasteiger partial charge in [0, 0.05) is 18.5 Å². The summed E-state index contributed by atoms with van der Waals surface area (Å²) in [5.74, 6) is 1.90. The van der Waals surface area contributed by atoms with Crippen molar-refractivity contribution >= 4 is 22.6 Å². The van der Waals surface area contributed by atoms with Crippen molar-refractivity contribution < 1.29 is 0 Å². The molecule has 1 aromatic carbocycles. The number of nitrogens with one attached hydrogen (secondary N) is 1. The second-order valence-corrected chi connectivity index (χ2v) is 4.88. The topological polar surface area (TPSA) is 29.9 Å². The number of halogens is 1. The summed E-state index contributed by atoms with van der Waals surface area (Å²) in [5, 5.41) is 4.06. The maximum absolute atomic E-state index is 5.99. The number of aromatic nitrogens is 2. The molecular formula is C12H14ClN3. The Labute approximate surface area is 99.4 Å². The van der Waals surface area contributed by atoms with E-state index in [1.54, 1.807) is 0 Å². The number of fused-ring (bicyclic) bond motifs is 1. The predicted molar refractivity (Wildman–Crippen MR) is 65.8 cm³/mol. The number of hydrogen-bond donors (Lipinski definition) is 1. The van der Waals surface area contributed by atoms with E-state index in [0.29, 0.717) is 0 Å². The Morgan fingerprint density at radius 2 is 2.31 bits per heavy atom. The summed E-state index contributed by atoms with van der Waals surface area (Å²) in [6.45, 7) is 2.23. The van der Waals surface area contributed by atoms with Gasteiger partial charge in [0.15, 0.2) is 0 Å². The molecule has 1 aliphatic rings. The molecule has 0 saturated carbocycles. The van der Waals surface area contributed by atoms with Gasteiger partial charge in [-0.3, -0.25) is 0 Å². The Morgan fingerprint density at radius 1 is 1.50 bits per heavy atom. The Kier molecular flexibility index (Phi) is 2.37. The number of hydrogen-bond acceptors (Lipinski definition) is 2. The SMILES string of the molecule is Cn1c(CC2CNC2)nc2ccc(Cl)cc21. The van der Waals surface area contributed by atoms with Crippen LogP contribution in [0, 0.1) is 5.92 Å². The van der Waals surface area contributed by atoms with E-state index in [9.17, 15) is 0 Å². The van der Waals surface area contributed by atoms with Crippen LogP contribution in [-0.2, 0) is 13.5 Å². The van der Waals surface area contributed by atoms with E-state index < -0.39 is 0 Å². The van der Waals surface area contributed by atoms with Crippen LogP contribution in [0.3, 0.4) is 0 Å². The third-order valence-electron chi connectivity index (χ3n) is 3.27. The summed E-state index contributed by atoms with van der Waals surface area (Å²) in [5.41, 5.74) is 2.16. The Balaban J connectivity index is 2.01. The summed E-state index contributed by atoms with van der Waals surface area (Å²) >= 11 is 5.99. The largest absolute Gasteiger partial charge is 0.331 e. The summed E-state index contributed by atoms with van der Waals surface area (Å²) in [7, 11) is 2.06. The van der Waals surface area contributed by atoms with Gasteiger partial charge in [-0.1, -0.05) is 11.6 Å². The average Bonchev–Trinajstić information content (AvgIpc) is 2.50. The zero-order valence-corrected chi connectivity index (χ0v) is 9.96. The van der Waals surface area contributed by atoms with Crippen molar-refractivity contribution in [2.24, 2.45) is 13.0 Å². The van der Waals surface area contributed by atoms with Crippen molar-refractivity contribution in [2.75, 3.05) is 13.1 Å². The third-order valence-corrected chi connectivity index (χ3v) is 3.51. The van der Waals surface area contributed by atoms with Crippen LogP contribution < -0.4 is 5.32 Å². The molecule has 1 aromatic heterocycles. The first kappa shape index (κ1) is 10.1. The Bertz CT molecular complexity index is 528. The molecule has 0 aliphatic carbocycles. The summed E-state index contributed by atoms with van der Waals surface area (Å²) in [6.07, 6.45) is 1.05. The molecule has 16 heavy (non-hydrogen) atoms. The lowest BCUT2D eigenvalue weighted by Gasteiger charge is -2.26. The van der Waals surface area contributed by atoms with Crippen LogP contribution in [0.5, 0.6) is 0 Å². The number of imidazole rings is 1. The van der Waals surface area contributed by atoms with Gasteiger partial charge < -0.3 is 9.88 Å². The molecule has 0 amide bonds. The first-order valence-corrected chi connectivity index (χ1v) is 5.93. The van der Waals surface area contributed by atoms with Crippen molar-refractivity contribution in [1.29, 1.82) is 0 Å². The van der Waals surface area contributed by atoms with Crippen LogP contribution >= 0.6 is 11.6 Å². The average molecular weight is 236 g/mol. The van der Waals surface area contributed by atoms with Gasteiger partial charge in [0.2, 0.25) is 0 Å². The fraction of sp³-hybridized carbons (Fsp3) is 0.417. The molecule has 1 saturated heterocycles. The van der Waals surface area contributed by atoms with Crippen LogP contribution in [0.25, 0.3) is 11.0 Å². The minimum absolute atomic E-state index is 0.742. The molecule has 1 N–H and O–H groups in total. The summed E-state index contributed by atoms with van der Waals surface area (Å²) < 4.78 is 2.15. The van der Waals surface area contributed by atoms with Crippen molar-refractivity contribution in [3.63, 3.8) is 0 Å². The molecule has 84 valence electrons. The van der Waals surface area contributed by atoms with Crippen molar-refractivity contribution in [2.45, 2.75) is 6.42 Å². The molecule has 0 unspecified atom stereocenters. The lowest BCUT2D eigenvalue weighted by atomic mass is 9.99. The van der Waals surface area contributed by atoms with Gasteiger partial charge in [0.05, 0.1) is 11.0 Å². The fourth-order valence-corrected chi connectivity index (χ4v) is 2.31. The predicted octanol–water partition coefficient (Wildman–Crippen LogP) is 1.99. The van der Waals surface area contributed by atoms with Gasteiger partial charge in [0.25, 0.3) is 0 Å². The number of benzene rings is 1. The highest BCUT2D eigenvalue weighted by Gasteiger charge is 2.20. The molecule has 0 bridgehead atoms. The van der Waals surface area contributed by atoms with Gasteiger partial charge >= 0.3 is 0 Å². The van der Waals surface area contributed by atoms with Crippen LogP contribution in [0.1, 0.15) is 5.82 Å². The van der Waals surface area contributed by atoms with Crippen LogP contribution in [0.15, 0.2) is 18.2 Å². The summed E-state index contributed by atoms with van der Waals surface area (Å²) in [6, 6.07) is 5.86. The molecule has 3 rings (SSSR count). The Hall–Kier alpha value is -1.06. The van der Waals surface area contributed by atoms with Crippen molar-refractivity contribution in [3.8, 4) is 0 Å². The molecule has 0 radical (unpaired) electrons. The quantitative estimate of drug-likeness (QED) is 0.863. The number of rotatable bonds is 2. The molecule has 3 nitrogen and oxygen atoms in total. The van der Waals surface area contributed by atoms with E-state index in [1.807, 2.05) is 18.2 Å². The van der Waals surface area contributed by atoms with E-state index in [1.165, 1.54) is 0 Å².